The summed E-state index contributed by atoms with van der Waals surface area (Å²) in [5, 5.41) is 6.91. The summed E-state index contributed by atoms with van der Waals surface area (Å²) < 4.78 is 0. The minimum absolute atomic E-state index is 0.222. The molecule has 0 atom stereocenters. The van der Waals surface area contributed by atoms with Crippen molar-refractivity contribution >= 4 is 17.5 Å². The molecule has 0 aliphatic heterocycles. The van der Waals surface area contributed by atoms with Crippen LogP contribution in [0.4, 0.5) is 0 Å². The Morgan fingerprint density at radius 2 is 1.50 bits per heavy atom. The zero-order valence-corrected chi connectivity index (χ0v) is 15.1. The van der Waals surface area contributed by atoms with E-state index in [4.69, 9.17) is 0 Å². The SMILES string of the molecule is CCC(Cc1ccccc1)=NNC(=O)CC(=O)NCCc1ccccc1. The Hall–Kier alpha value is -2.95. The van der Waals surface area contributed by atoms with Crippen LogP contribution in [0.15, 0.2) is 65.8 Å². The van der Waals surface area contributed by atoms with Gasteiger partial charge in [0.25, 0.3) is 0 Å². The van der Waals surface area contributed by atoms with Gasteiger partial charge < -0.3 is 5.32 Å². The molecule has 5 heteroatoms. The smallest absolute Gasteiger partial charge is 0.249 e. The van der Waals surface area contributed by atoms with Crippen LogP contribution in [0.2, 0.25) is 0 Å². The standard InChI is InChI=1S/C21H25N3O2/c1-2-19(15-18-11-7-4-8-12-18)23-24-21(26)16-20(25)22-14-13-17-9-5-3-6-10-17/h3-12H,2,13-16H2,1H3,(H,22,25)(H,24,26). The maximum Gasteiger partial charge on any atom is 0.249 e. The molecule has 0 aliphatic carbocycles. The Labute approximate surface area is 154 Å². The molecule has 0 aromatic heterocycles. The fourth-order valence-electron chi connectivity index (χ4n) is 2.46. The first kappa shape index (κ1) is 19.4. The molecule has 2 aromatic rings. The van der Waals surface area contributed by atoms with E-state index in [1.165, 1.54) is 0 Å². The molecule has 0 saturated carbocycles. The van der Waals surface area contributed by atoms with Gasteiger partial charge in [0.15, 0.2) is 0 Å². The first-order chi connectivity index (χ1) is 12.7. The molecule has 2 amide bonds. The van der Waals surface area contributed by atoms with Crippen LogP contribution in [0.1, 0.15) is 30.9 Å². The zero-order chi connectivity index (χ0) is 18.6. The Kier molecular flexibility index (Phi) is 8.06. The van der Waals surface area contributed by atoms with Gasteiger partial charge in [0.05, 0.1) is 0 Å². The summed E-state index contributed by atoms with van der Waals surface area (Å²) in [5.41, 5.74) is 5.64. The molecule has 0 fully saturated rings. The average Bonchev–Trinajstić information content (AvgIpc) is 2.66. The molecule has 0 spiro atoms. The normalized spacial score (nSPS) is 11.0. The zero-order valence-electron chi connectivity index (χ0n) is 15.1. The maximum absolute atomic E-state index is 11.9. The third kappa shape index (κ3) is 7.30. The van der Waals surface area contributed by atoms with Crippen molar-refractivity contribution in [3.8, 4) is 0 Å². The minimum atomic E-state index is -0.402. The predicted octanol–water partition coefficient (Wildman–Crippen LogP) is 2.86. The van der Waals surface area contributed by atoms with Crippen LogP contribution in [0.5, 0.6) is 0 Å². The van der Waals surface area contributed by atoms with Gasteiger partial charge in [-0.3, -0.25) is 9.59 Å². The van der Waals surface area contributed by atoms with Crippen molar-refractivity contribution in [1.82, 2.24) is 10.7 Å². The van der Waals surface area contributed by atoms with Gasteiger partial charge in [-0.1, -0.05) is 67.6 Å². The fraction of sp³-hybridized carbons (Fsp3) is 0.286. The van der Waals surface area contributed by atoms with Crippen LogP contribution < -0.4 is 10.7 Å². The lowest BCUT2D eigenvalue weighted by molar-refractivity contribution is -0.129. The van der Waals surface area contributed by atoms with E-state index in [0.29, 0.717) is 13.0 Å². The molecule has 0 unspecified atom stereocenters. The number of nitrogens with one attached hydrogen (secondary N) is 2. The van der Waals surface area contributed by atoms with Crippen molar-refractivity contribution in [2.45, 2.75) is 32.6 Å². The number of nitrogens with zero attached hydrogens (tertiary/aromatic N) is 1. The average molecular weight is 351 g/mol. The largest absolute Gasteiger partial charge is 0.355 e. The van der Waals surface area contributed by atoms with Crippen LogP contribution >= 0.6 is 0 Å². The van der Waals surface area contributed by atoms with Crippen LogP contribution in [0.25, 0.3) is 0 Å². The summed E-state index contributed by atoms with van der Waals surface area (Å²) in [7, 11) is 0. The van der Waals surface area contributed by atoms with Crippen LogP contribution in [0, 0.1) is 0 Å². The van der Waals surface area contributed by atoms with Crippen molar-refractivity contribution < 1.29 is 9.59 Å². The topological polar surface area (TPSA) is 70.6 Å². The third-order valence-electron chi connectivity index (χ3n) is 3.90. The summed E-state index contributed by atoms with van der Waals surface area (Å²) in [6.07, 6.45) is 1.93. The number of benzene rings is 2. The third-order valence-corrected chi connectivity index (χ3v) is 3.90. The molecule has 2 N–H and O–H groups in total. The summed E-state index contributed by atoms with van der Waals surface area (Å²) in [6, 6.07) is 19.8. The number of hydrogen-bond donors (Lipinski definition) is 2. The van der Waals surface area contributed by atoms with Crippen molar-refractivity contribution in [2.75, 3.05) is 6.54 Å². The number of hydrogen-bond acceptors (Lipinski definition) is 3. The van der Waals surface area contributed by atoms with Crippen LogP contribution in [-0.4, -0.2) is 24.1 Å². The Morgan fingerprint density at radius 3 is 2.12 bits per heavy atom. The van der Waals surface area contributed by atoms with E-state index < -0.39 is 5.91 Å². The predicted molar refractivity (Wildman–Crippen MR) is 104 cm³/mol. The van der Waals surface area contributed by atoms with Gasteiger partial charge in [-0.25, -0.2) is 5.43 Å². The summed E-state index contributed by atoms with van der Waals surface area (Å²) in [5.74, 6) is -0.698. The Balaban J connectivity index is 1.71. The number of carbonyl (C=O) groups excluding carboxylic acids is 2. The second-order valence-electron chi connectivity index (χ2n) is 5.99. The lowest BCUT2D eigenvalue weighted by Gasteiger charge is -2.07. The van der Waals surface area contributed by atoms with Crippen LogP contribution in [-0.2, 0) is 22.4 Å². The summed E-state index contributed by atoms with van der Waals surface area (Å²) in [6.45, 7) is 2.50. The number of rotatable bonds is 9. The van der Waals surface area contributed by atoms with Gasteiger partial charge in [-0.15, -0.1) is 0 Å². The molecular weight excluding hydrogens is 326 g/mol. The number of amides is 2. The lowest BCUT2D eigenvalue weighted by Crippen LogP contribution is -2.31. The van der Waals surface area contributed by atoms with Crippen LogP contribution in [0.3, 0.4) is 0 Å². The first-order valence-electron chi connectivity index (χ1n) is 8.86. The highest BCUT2D eigenvalue weighted by molar-refractivity contribution is 5.97. The van der Waals surface area contributed by atoms with Gasteiger partial charge >= 0.3 is 0 Å². The molecule has 2 rings (SSSR count). The monoisotopic (exact) mass is 351 g/mol. The van der Waals surface area contributed by atoms with Crippen molar-refractivity contribution in [2.24, 2.45) is 5.10 Å². The maximum atomic E-state index is 11.9. The highest BCUT2D eigenvalue weighted by Gasteiger charge is 2.09. The van der Waals surface area contributed by atoms with Gasteiger partial charge in [-0.2, -0.15) is 5.10 Å². The Bertz CT molecular complexity index is 727. The van der Waals surface area contributed by atoms with Gasteiger partial charge in [0.2, 0.25) is 11.8 Å². The summed E-state index contributed by atoms with van der Waals surface area (Å²) >= 11 is 0. The second kappa shape index (κ2) is 10.8. The van der Waals surface area contributed by atoms with E-state index >= 15 is 0 Å². The summed E-state index contributed by atoms with van der Waals surface area (Å²) in [4.78, 5) is 23.7. The molecule has 2 aromatic carbocycles. The van der Waals surface area contributed by atoms with Crippen molar-refractivity contribution in [3.63, 3.8) is 0 Å². The van der Waals surface area contributed by atoms with E-state index in [1.54, 1.807) is 0 Å². The van der Waals surface area contributed by atoms with Gasteiger partial charge in [-0.05, 0) is 24.0 Å². The highest BCUT2D eigenvalue weighted by Crippen LogP contribution is 2.03. The molecular formula is C21H25N3O2. The molecule has 0 aliphatic rings. The second-order valence-corrected chi connectivity index (χ2v) is 5.99. The highest BCUT2D eigenvalue weighted by atomic mass is 16.2. The molecule has 0 bridgehead atoms. The van der Waals surface area contributed by atoms with E-state index in [-0.39, 0.29) is 12.3 Å². The quantitative estimate of drug-likeness (QED) is 0.414. The fourth-order valence-corrected chi connectivity index (χ4v) is 2.46. The molecule has 5 nitrogen and oxygen atoms in total. The van der Waals surface area contributed by atoms with E-state index in [0.717, 1.165) is 29.7 Å². The lowest BCUT2D eigenvalue weighted by atomic mass is 10.1. The molecule has 0 radical (unpaired) electrons. The number of hydrazone groups is 1. The molecule has 136 valence electrons. The molecule has 0 heterocycles. The van der Waals surface area contributed by atoms with Gasteiger partial charge in [0, 0.05) is 18.7 Å². The molecule has 26 heavy (non-hydrogen) atoms. The minimum Gasteiger partial charge on any atom is -0.355 e. The van der Waals surface area contributed by atoms with Gasteiger partial charge in [0.1, 0.15) is 6.42 Å². The Morgan fingerprint density at radius 1 is 0.885 bits per heavy atom. The van der Waals surface area contributed by atoms with E-state index in [1.807, 2.05) is 67.6 Å². The first-order valence-corrected chi connectivity index (χ1v) is 8.86. The van der Waals surface area contributed by atoms with E-state index in [2.05, 4.69) is 15.8 Å². The van der Waals surface area contributed by atoms with Crippen molar-refractivity contribution in [3.05, 3.63) is 71.8 Å². The molecule has 0 saturated heterocycles. The van der Waals surface area contributed by atoms with E-state index in [9.17, 15) is 9.59 Å². The van der Waals surface area contributed by atoms with Crippen molar-refractivity contribution in [1.29, 1.82) is 0 Å². The number of carbonyl (C=O) groups is 2.